The van der Waals surface area contributed by atoms with E-state index >= 15 is 0 Å². The molecule has 0 saturated heterocycles. The summed E-state index contributed by atoms with van der Waals surface area (Å²) in [4.78, 5) is 12.6. The number of rotatable bonds is 7. The zero-order chi connectivity index (χ0) is 24.8. The van der Waals surface area contributed by atoms with E-state index in [9.17, 15) is 10.1 Å². The van der Waals surface area contributed by atoms with E-state index in [0.717, 1.165) is 28.2 Å². The molecular weight excluding hydrogens is 460 g/mol. The van der Waals surface area contributed by atoms with E-state index in [1.165, 1.54) is 0 Å². The van der Waals surface area contributed by atoms with Crippen molar-refractivity contribution in [3.05, 3.63) is 118 Å². The number of aromatic nitrogens is 1. The number of hydrazone groups is 1. The standard InChI is InChI=1S/C28H23ClN4O2/c1-19-7-8-20(2)33(19)24-11-14-26(27(29)15-24)28(34)32-31-17-21-9-12-25(13-10-21)35-18-23-6-4-3-5-22(23)16-30/h3-15,17H,18H2,1-2H3,(H,32,34)/b31-17-. The monoisotopic (exact) mass is 482 g/mol. The van der Waals surface area contributed by atoms with Crippen molar-refractivity contribution >= 4 is 23.7 Å². The lowest BCUT2D eigenvalue weighted by Crippen LogP contribution is -2.18. The fraction of sp³-hybridized carbons (Fsp3) is 0.107. The van der Waals surface area contributed by atoms with Gasteiger partial charge >= 0.3 is 0 Å². The summed E-state index contributed by atoms with van der Waals surface area (Å²) >= 11 is 6.39. The van der Waals surface area contributed by atoms with Gasteiger partial charge in [0.15, 0.2) is 0 Å². The van der Waals surface area contributed by atoms with Crippen molar-refractivity contribution in [2.75, 3.05) is 0 Å². The summed E-state index contributed by atoms with van der Waals surface area (Å²) in [6.07, 6.45) is 1.54. The smallest absolute Gasteiger partial charge is 0.272 e. The van der Waals surface area contributed by atoms with Crippen LogP contribution in [0.4, 0.5) is 0 Å². The summed E-state index contributed by atoms with van der Waals surface area (Å²) < 4.78 is 7.84. The summed E-state index contributed by atoms with van der Waals surface area (Å²) in [5, 5.41) is 13.6. The highest BCUT2D eigenvalue weighted by molar-refractivity contribution is 6.34. The number of aryl methyl sites for hydroxylation is 2. The molecule has 3 aromatic carbocycles. The third kappa shape index (κ3) is 5.60. The zero-order valence-corrected chi connectivity index (χ0v) is 20.1. The van der Waals surface area contributed by atoms with Crippen LogP contribution < -0.4 is 10.2 Å². The minimum Gasteiger partial charge on any atom is -0.489 e. The van der Waals surface area contributed by atoms with Crippen LogP contribution in [0.1, 0.15) is 38.4 Å². The molecule has 0 aliphatic rings. The van der Waals surface area contributed by atoms with Crippen LogP contribution in [0.15, 0.2) is 84.0 Å². The second-order valence-corrected chi connectivity index (χ2v) is 8.35. The molecule has 1 heterocycles. The number of benzene rings is 3. The first-order chi connectivity index (χ1) is 17.0. The van der Waals surface area contributed by atoms with Gasteiger partial charge in [-0.3, -0.25) is 4.79 Å². The lowest BCUT2D eigenvalue weighted by atomic mass is 10.1. The molecule has 35 heavy (non-hydrogen) atoms. The molecule has 0 radical (unpaired) electrons. The van der Waals surface area contributed by atoms with Crippen molar-refractivity contribution in [1.82, 2.24) is 9.99 Å². The van der Waals surface area contributed by atoms with E-state index < -0.39 is 5.91 Å². The maximum absolute atomic E-state index is 12.6. The SMILES string of the molecule is Cc1ccc(C)n1-c1ccc(C(=O)N/N=C\c2ccc(OCc3ccccc3C#N)cc2)c(Cl)c1. The molecule has 174 valence electrons. The molecule has 1 aromatic heterocycles. The van der Waals surface area contributed by atoms with Gasteiger partial charge < -0.3 is 9.30 Å². The van der Waals surface area contributed by atoms with Crippen LogP contribution in [-0.2, 0) is 6.61 Å². The number of nitrogens with zero attached hydrogens (tertiary/aromatic N) is 3. The average Bonchev–Trinajstić information content (AvgIpc) is 3.21. The molecular formula is C28H23ClN4O2. The van der Waals surface area contributed by atoms with Gasteiger partial charge in [0.1, 0.15) is 12.4 Å². The predicted molar refractivity (Wildman–Crippen MR) is 137 cm³/mol. The van der Waals surface area contributed by atoms with Crippen LogP contribution in [0.3, 0.4) is 0 Å². The molecule has 6 nitrogen and oxygen atoms in total. The molecule has 4 rings (SSSR count). The molecule has 1 N–H and O–H groups in total. The normalized spacial score (nSPS) is 10.8. The molecule has 0 bridgehead atoms. The zero-order valence-electron chi connectivity index (χ0n) is 19.3. The number of nitrogens with one attached hydrogen (secondary N) is 1. The molecule has 7 heteroatoms. The van der Waals surface area contributed by atoms with Gasteiger partial charge in [-0.2, -0.15) is 10.4 Å². The average molecular weight is 483 g/mol. The van der Waals surface area contributed by atoms with Gasteiger partial charge in [0.05, 0.1) is 28.4 Å². The van der Waals surface area contributed by atoms with Crippen molar-refractivity contribution in [3.8, 4) is 17.5 Å². The third-order valence-electron chi connectivity index (χ3n) is 5.52. The van der Waals surface area contributed by atoms with Crippen LogP contribution in [0.5, 0.6) is 5.75 Å². The molecule has 0 unspecified atom stereocenters. The van der Waals surface area contributed by atoms with E-state index in [-0.39, 0.29) is 0 Å². The largest absolute Gasteiger partial charge is 0.489 e. The second kappa shape index (κ2) is 10.7. The van der Waals surface area contributed by atoms with Crippen molar-refractivity contribution < 1.29 is 9.53 Å². The number of carbonyl (C=O) groups excluding carboxylic acids is 1. The highest BCUT2D eigenvalue weighted by Crippen LogP contribution is 2.23. The number of carbonyl (C=O) groups is 1. The molecule has 0 fully saturated rings. The Morgan fingerprint density at radius 3 is 2.46 bits per heavy atom. The Kier molecular flexibility index (Phi) is 7.30. The van der Waals surface area contributed by atoms with Crippen LogP contribution in [0, 0.1) is 25.2 Å². The Morgan fingerprint density at radius 2 is 1.77 bits per heavy atom. The van der Waals surface area contributed by atoms with Gasteiger partial charge in [0.25, 0.3) is 5.91 Å². The first-order valence-electron chi connectivity index (χ1n) is 11.0. The van der Waals surface area contributed by atoms with E-state index in [1.54, 1.807) is 36.5 Å². The maximum Gasteiger partial charge on any atom is 0.272 e. The number of halogens is 1. The minimum atomic E-state index is -0.394. The van der Waals surface area contributed by atoms with Gasteiger partial charge in [0, 0.05) is 22.6 Å². The topological polar surface area (TPSA) is 79.4 Å². The van der Waals surface area contributed by atoms with Crippen molar-refractivity contribution in [2.24, 2.45) is 5.10 Å². The first-order valence-corrected chi connectivity index (χ1v) is 11.3. The highest BCUT2D eigenvalue weighted by Gasteiger charge is 2.12. The van der Waals surface area contributed by atoms with E-state index in [4.69, 9.17) is 16.3 Å². The van der Waals surface area contributed by atoms with Crippen LogP contribution in [-0.4, -0.2) is 16.7 Å². The lowest BCUT2D eigenvalue weighted by Gasteiger charge is -2.11. The summed E-state index contributed by atoms with van der Waals surface area (Å²) in [7, 11) is 0. The van der Waals surface area contributed by atoms with Crippen molar-refractivity contribution in [1.29, 1.82) is 5.26 Å². The van der Waals surface area contributed by atoms with Gasteiger partial charge in [-0.1, -0.05) is 29.8 Å². The summed E-state index contributed by atoms with van der Waals surface area (Å²) in [6, 6.07) is 26.1. The second-order valence-electron chi connectivity index (χ2n) is 7.94. The van der Waals surface area contributed by atoms with Gasteiger partial charge in [0.2, 0.25) is 0 Å². The first kappa shape index (κ1) is 23.8. The number of hydrogen-bond donors (Lipinski definition) is 1. The molecule has 1 amide bonds. The Morgan fingerprint density at radius 1 is 1.06 bits per heavy atom. The Bertz CT molecular complexity index is 1410. The number of ether oxygens (including phenoxy) is 1. The summed E-state index contributed by atoms with van der Waals surface area (Å²) in [6.45, 7) is 4.34. The van der Waals surface area contributed by atoms with Crippen LogP contribution in [0.2, 0.25) is 5.02 Å². The van der Waals surface area contributed by atoms with Gasteiger partial charge in [-0.05, 0) is 80.1 Å². The van der Waals surface area contributed by atoms with E-state index in [1.807, 2.05) is 62.4 Å². The van der Waals surface area contributed by atoms with Crippen LogP contribution >= 0.6 is 11.6 Å². The Hall–Kier alpha value is -4.34. The fourth-order valence-electron chi connectivity index (χ4n) is 3.70. The van der Waals surface area contributed by atoms with Crippen molar-refractivity contribution in [3.63, 3.8) is 0 Å². The number of hydrogen-bond acceptors (Lipinski definition) is 4. The number of nitriles is 1. The maximum atomic E-state index is 12.6. The molecule has 0 aliphatic heterocycles. The summed E-state index contributed by atoms with van der Waals surface area (Å²) in [5.41, 5.74) is 8.14. The lowest BCUT2D eigenvalue weighted by molar-refractivity contribution is 0.0955. The van der Waals surface area contributed by atoms with Gasteiger partial charge in [-0.15, -0.1) is 0 Å². The quantitative estimate of drug-likeness (QED) is 0.260. The summed E-state index contributed by atoms with van der Waals surface area (Å²) in [5.74, 6) is 0.272. The number of amides is 1. The van der Waals surface area contributed by atoms with E-state index in [0.29, 0.717) is 28.5 Å². The highest BCUT2D eigenvalue weighted by atomic mass is 35.5. The van der Waals surface area contributed by atoms with Gasteiger partial charge in [-0.25, -0.2) is 5.43 Å². The minimum absolute atomic E-state index is 0.302. The molecule has 0 spiro atoms. The van der Waals surface area contributed by atoms with E-state index in [2.05, 4.69) is 21.2 Å². The fourth-order valence-corrected chi connectivity index (χ4v) is 3.96. The predicted octanol–water partition coefficient (Wildman–Crippen LogP) is 5.96. The van der Waals surface area contributed by atoms with Crippen LogP contribution in [0.25, 0.3) is 5.69 Å². The molecule has 0 atom stereocenters. The third-order valence-corrected chi connectivity index (χ3v) is 5.83. The Balaban J connectivity index is 1.35. The molecule has 0 aliphatic carbocycles. The van der Waals surface area contributed by atoms with Crippen molar-refractivity contribution in [2.45, 2.75) is 20.5 Å². The molecule has 0 saturated carbocycles. The Labute approximate surface area is 209 Å². The molecule has 4 aromatic rings.